The molecule has 0 saturated heterocycles. The second kappa shape index (κ2) is 10.4. The van der Waals surface area contributed by atoms with Crippen LogP contribution in [-0.4, -0.2) is 37.8 Å². The molecule has 39 heavy (non-hydrogen) atoms. The first-order valence-corrected chi connectivity index (χ1v) is 11.9. The molecule has 1 aliphatic rings. The van der Waals surface area contributed by atoms with E-state index < -0.39 is 23.6 Å². The molecule has 4 rings (SSSR count). The van der Waals surface area contributed by atoms with Gasteiger partial charge in [-0.2, -0.15) is 13.2 Å². The van der Waals surface area contributed by atoms with E-state index in [2.05, 4.69) is 0 Å². The maximum absolute atomic E-state index is 13.8. The van der Waals surface area contributed by atoms with Crippen molar-refractivity contribution in [3.05, 3.63) is 87.9 Å². The van der Waals surface area contributed by atoms with Crippen LogP contribution in [0.5, 0.6) is 11.5 Å². The van der Waals surface area contributed by atoms with Crippen molar-refractivity contribution in [3.63, 3.8) is 0 Å². The fourth-order valence-corrected chi connectivity index (χ4v) is 4.82. The Labute approximate surface area is 223 Å². The molecule has 1 aliphatic heterocycles. The standard InChI is InChI=1S/C29H27F3N2O5/c1-16-13-19(17(2)33(16)23-10-8-7-9-22(23)29(30,31)32)14-21-26(28(36)39-6)18(3)34(27(21)35)20-11-12-24(37-4)25(15-20)38-5/h7-15H,1-6H3/b21-14+. The molecule has 0 bridgehead atoms. The topological polar surface area (TPSA) is 70.0 Å². The third-order valence-corrected chi connectivity index (χ3v) is 6.64. The number of esters is 1. The molecule has 1 amide bonds. The zero-order valence-electron chi connectivity index (χ0n) is 22.3. The van der Waals surface area contributed by atoms with Gasteiger partial charge >= 0.3 is 12.1 Å². The number of methoxy groups -OCH3 is 3. The highest BCUT2D eigenvalue weighted by Gasteiger charge is 2.39. The highest BCUT2D eigenvalue weighted by molar-refractivity contribution is 6.24. The largest absolute Gasteiger partial charge is 0.493 e. The molecule has 0 spiro atoms. The highest BCUT2D eigenvalue weighted by Crippen LogP contribution is 2.40. The minimum absolute atomic E-state index is 0.0331. The van der Waals surface area contributed by atoms with Crippen LogP contribution in [-0.2, 0) is 20.5 Å². The first-order valence-electron chi connectivity index (χ1n) is 11.9. The van der Waals surface area contributed by atoms with Crippen LogP contribution in [0.15, 0.2) is 65.4 Å². The van der Waals surface area contributed by atoms with Crippen molar-refractivity contribution in [1.82, 2.24) is 4.57 Å². The lowest BCUT2D eigenvalue weighted by Crippen LogP contribution is -2.24. The number of halogens is 3. The maximum atomic E-state index is 13.8. The van der Waals surface area contributed by atoms with Crippen LogP contribution >= 0.6 is 0 Å². The molecule has 0 N–H and O–H groups in total. The second-order valence-electron chi connectivity index (χ2n) is 8.87. The van der Waals surface area contributed by atoms with Gasteiger partial charge in [-0.25, -0.2) is 4.79 Å². The molecule has 3 aromatic rings. The van der Waals surface area contributed by atoms with E-state index in [4.69, 9.17) is 14.2 Å². The van der Waals surface area contributed by atoms with E-state index in [0.717, 1.165) is 6.07 Å². The summed E-state index contributed by atoms with van der Waals surface area (Å²) in [4.78, 5) is 27.9. The Kier molecular flexibility index (Phi) is 7.32. The summed E-state index contributed by atoms with van der Waals surface area (Å²) in [6, 6.07) is 11.9. The second-order valence-corrected chi connectivity index (χ2v) is 8.87. The number of alkyl halides is 3. The smallest absolute Gasteiger partial charge is 0.418 e. The summed E-state index contributed by atoms with van der Waals surface area (Å²) < 4.78 is 58.4. The summed E-state index contributed by atoms with van der Waals surface area (Å²) >= 11 is 0. The first kappa shape index (κ1) is 27.6. The number of aromatic nitrogens is 1. The summed E-state index contributed by atoms with van der Waals surface area (Å²) in [5, 5.41) is 0. The van der Waals surface area contributed by atoms with Crippen molar-refractivity contribution in [1.29, 1.82) is 0 Å². The van der Waals surface area contributed by atoms with E-state index in [1.807, 2.05) is 0 Å². The van der Waals surface area contributed by atoms with Crippen LogP contribution in [0.2, 0.25) is 0 Å². The van der Waals surface area contributed by atoms with Crippen LogP contribution in [0.25, 0.3) is 11.8 Å². The molecule has 2 aromatic carbocycles. The van der Waals surface area contributed by atoms with Crippen molar-refractivity contribution in [2.75, 3.05) is 26.2 Å². The van der Waals surface area contributed by atoms with Gasteiger partial charge in [-0.05, 0) is 62.7 Å². The van der Waals surface area contributed by atoms with Crippen LogP contribution in [0.4, 0.5) is 18.9 Å². The van der Waals surface area contributed by atoms with Gasteiger partial charge in [0.1, 0.15) is 0 Å². The highest BCUT2D eigenvalue weighted by atomic mass is 19.4. The first-order chi connectivity index (χ1) is 18.4. The summed E-state index contributed by atoms with van der Waals surface area (Å²) in [5.74, 6) is -0.364. The van der Waals surface area contributed by atoms with Gasteiger partial charge in [0.15, 0.2) is 11.5 Å². The molecular formula is C29H27F3N2O5. The number of amides is 1. The third-order valence-electron chi connectivity index (χ3n) is 6.64. The van der Waals surface area contributed by atoms with Gasteiger partial charge in [0.2, 0.25) is 0 Å². The summed E-state index contributed by atoms with van der Waals surface area (Å²) in [6.07, 6.45) is -3.05. The SMILES string of the molecule is COC(=O)C1=C(C)N(c2ccc(OC)c(OC)c2)C(=O)/C1=C/c1cc(C)n(-c2ccccc2C(F)(F)F)c1C. The van der Waals surface area contributed by atoms with E-state index >= 15 is 0 Å². The van der Waals surface area contributed by atoms with Gasteiger partial charge in [0, 0.05) is 23.2 Å². The molecule has 0 radical (unpaired) electrons. The van der Waals surface area contributed by atoms with E-state index in [0.29, 0.717) is 39.8 Å². The van der Waals surface area contributed by atoms with Crippen LogP contribution in [0, 0.1) is 13.8 Å². The number of hydrogen-bond acceptors (Lipinski definition) is 5. The number of hydrogen-bond donors (Lipinski definition) is 0. The predicted octanol–water partition coefficient (Wildman–Crippen LogP) is 6.01. The van der Waals surface area contributed by atoms with Gasteiger partial charge in [-0.1, -0.05) is 12.1 Å². The minimum atomic E-state index is -4.56. The lowest BCUT2D eigenvalue weighted by atomic mass is 10.0. The van der Waals surface area contributed by atoms with Crippen LogP contribution in [0.3, 0.4) is 0 Å². The van der Waals surface area contributed by atoms with Crippen molar-refractivity contribution in [2.24, 2.45) is 0 Å². The molecule has 2 heterocycles. The number of aryl methyl sites for hydroxylation is 1. The summed E-state index contributed by atoms with van der Waals surface area (Å²) in [7, 11) is 4.17. The quantitative estimate of drug-likeness (QED) is 0.283. The fourth-order valence-electron chi connectivity index (χ4n) is 4.82. The zero-order valence-corrected chi connectivity index (χ0v) is 22.3. The average Bonchev–Trinajstić information content (AvgIpc) is 3.32. The molecule has 1 aromatic heterocycles. The summed E-state index contributed by atoms with van der Waals surface area (Å²) in [6.45, 7) is 4.95. The number of rotatable bonds is 6. The van der Waals surface area contributed by atoms with E-state index in [9.17, 15) is 22.8 Å². The van der Waals surface area contributed by atoms with E-state index in [-0.39, 0.29) is 16.8 Å². The summed E-state index contributed by atoms with van der Waals surface area (Å²) in [5.41, 5.74) is 1.54. The molecule has 0 aliphatic carbocycles. The van der Waals surface area contributed by atoms with Crippen LogP contribution < -0.4 is 14.4 Å². The van der Waals surface area contributed by atoms with Crippen molar-refractivity contribution in [2.45, 2.75) is 26.9 Å². The number of carbonyl (C=O) groups is 2. The van der Waals surface area contributed by atoms with Gasteiger partial charge in [0.05, 0.1) is 49.4 Å². The predicted molar refractivity (Wildman–Crippen MR) is 140 cm³/mol. The molecule has 0 fully saturated rings. The Morgan fingerprint density at radius 3 is 2.21 bits per heavy atom. The minimum Gasteiger partial charge on any atom is -0.493 e. The number of para-hydroxylation sites is 1. The van der Waals surface area contributed by atoms with E-state index in [1.54, 1.807) is 45.0 Å². The number of anilines is 1. The normalized spacial score (nSPS) is 14.8. The molecule has 7 nitrogen and oxygen atoms in total. The van der Waals surface area contributed by atoms with Crippen molar-refractivity contribution < 1.29 is 37.0 Å². The molecule has 0 atom stereocenters. The number of benzene rings is 2. The Morgan fingerprint density at radius 1 is 0.923 bits per heavy atom. The molecule has 0 unspecified atom stereocenters. The number of ether oxygens (including phenoxy) is 3. The molecule has 10 heteroatoms. The lowest BCUT2D eigenvalue weighted by molar-refractivity contribution is -0.137. The molecule has 204 valence electrons. The van der Waals surface area contributed by atoms with Gasteiger partial charge in [-0.3, -0.25) is 9.69 Å². The van der Waals surface area contributed by atoms with Gasteiger partial charge in [-0.15, -0.1) is 0 Å². The van der Waals surface area contributed by atoms with Gasteiger partial charge < -0.3 is 18.8 Å². The Morgan fingerprint density at radius 2 is 1.59 bits per heavy atom. The van der Waals surface area contributed by atoms with Crippen LogP contribution in [0.1, 0.15) is 29.4 Å². The monoisotopic (exact) mass is 540 g/mol. The molecule has 0 saturated carbocycles. The third kappa shape index (κ3) is 4.78. The average molecular weight is 541 g/mol. The van der Waals surface area contributed by atoms with E-state index in [1.165, 1.54) is 55.1 Å². The Bertz CT molecular complexity index is 1530. The Hall–Kier alpha value is -4.47. The zero-order chi connectivity index (χ0) is 28.6. The lowest BCUT2D eigenvalue weighted by Gasteiger charge is -2.19. The number of nitrogens with zero attached hydrogens (tertiary/aromatic N) is 2. The Balaban J connectivity index is 1.87. The maximum Gasteiger partial charge on any atom is 0.418 e. The fraction of sp³-hybridized carbons (Fsp3) is 0.241. The van der Waals surface area contributed by atoms with Gasteiger partial charge in [0.25, 0.3) is 5.91 Å². The van der Waals surface area contributed by atoms with Crippen molar-refractivity contribution >= 4 is 23.6 Å². The number of carbonyl (C=O) groups excluding carboxylic acids is 2. The van der Waals surface area contributed by atoms with Crippen molar-refractivity contribution in [3.8, 4) is 17.2 Å². The number of allylic oxidation sites excluding steroid dienone is 1. The molecular weight excluding hydrogens is 513 g/mol.